The average Bonchev–Trinajstić information content (AvgIpc) is 2.59. The van der Waals surface area contributed by atoms with Gasteiger partial charge in [0.1, 0.15) is 0 Å². The fourth-order valence-electron chi connectivity index (χ4n) is 2.34. The van der Waals surface area contributed by atoms with Gasteiger partial charge in [0.05, 0.1) is 0 Å². The van der Waals surface area contributed by atoms with E-state index in [0.717, 1.165) is 18.5 Å². The van der Waals surface area contributed by atoms with Gasteiger partial charge < -0.3 is 11.1 Å². The highest BCUT2D eigenvalue weighted by molar-refractivity contribution is 5.94. The first-order chi connectivity index (χ1) is 7.49. The van der Waals surface area contributed by atoms with Crippen LogP contribution in [-0.4, -0.2) is 12.5 Å². The zero-order chi connectivity index (χ0) is 11.8. The van der Waals surface area contributed by atoms with Crippen LogP contribution in [0.4, 0.5) is 0 Å². The Hall–Kier alpha value is -1.35. The largest absolute Gasteiger partial charge is 0.366 e. The van der Waals surface area contributed by atoms with Crippen LogP contribution in [0, 0.1) is 5.41 Å². The van der Waals surface area contributed by atoms with Crippen molar-refractivity contribution in [2.24, 2.45) is 11.1 Å². The van der Waals surface area contributed by atoms with Crippen LogP contribution in [0.2, 0.25) is 0 Å². The van der Waals surface area contributed by atoms with Gasteiger partial charge in [0.25, 0.3) is 0 Å². The smallest absolute Gasteiger partial charge is 0.249 e. The molecule has 3 N–H and O–H groups in total. The number of nitrogens with one attached hydrogen (secondary N) is 1. The van der Waals surface area contributed by atoms with Gasteiger partial charge in [0.15, 0.2) is 0 Å². The van der Waals surface area contributed by atoms with E-state index >= 15 is 0 Å². The number of rotatable bonds is 2. The molecule has 0 aliphatic carbocycles. The highest BCUT2D eigenvalue weighted by Crippen LogP contribution is 2.36. The molecule has 3 nitrogen and oxygen atoms in total. The molecule has 0 saturated carbocycles. The number of benzene rings is 1. The first-order valence-corrected chi connectivity index (χ1v) is 5.62. The molecule has 1 aliphatic heterocycles. The topological polar surface area (TPSA) is 55.1 Å². The maximum Gasteiger partial charge on any atom is 0.249 e. The minimum Gasteiger partial charge on any atom is -0.366 e. The molecule has 1 amide bonds. The molecule has 1 fully saturated rings. The summed E-state index contributed by atoms with van der Waals surface area (Å²) in [5, 5.41) is 3.45. The van der Waals surface area contributed by atoms with Crippen molar-refractivity contribution < 1.29 is 4.79 Å². The molecule has 0 aromatic heterocycles. The number of amides is 1. The quantitative estimate of drug-likeness (QED) is 0.796. The van der Waals surface area contributed by atoms with Crippen molar-refractivity contribution in [3.8, 4) is 0 Å². The van der Waals surface area contributed by atoms with Crippen LogP contribution in [0.25, 0.3) is 0 Å². The minimum atomic E-state index is -0.345. The number of hydrogen-bond acceptors (Lipinski definition) is 2. The number of carbonyl (C=O) groups excluding carboxylic acids is 1. The van der Waals surface area contributed by atoms with E-state index in [9.17, 15) is 4.79 Å². The van der Waals surface area contributed by atoms with Crippen LogP contribution in [0.15, 0.2) is 24.3 Å². The Morgan fingerprint density at radius 3 is 2.69 bits per heavy atom. The molecular formula is C13H18N2O. The second-order valence-corrected chi connectivity index (χ2v) is 5.25. The van der Waals surface area contributed by atoms with Gasteiger partial charge >= 0.3 is 0 Å². The number of carbonyl (C=O) groups is 1. The molecule has 0 bridgehead atoms. The molecule has 3 heteroatoms. The summed E-state index contributed by atoms with van der Waals surface area (Å²) >= 11 is 0. The van der Waals surface area contributed by atoms with E-state index < -0.39 is 0 Å². The van der Waals surface area contributed by atoms with E-state index in [0.29, 0.717) is 5.56 Å². The van der Waals surface area contributed by atoms with Gasteiger partial charge in [-0.05, 0) is 23.5 Å². The monoisotopic (exact) mass is 218 g/mol. The van der Waals surface area contributed by atoms with Crippen LogP contribution in [0.5, 0.6) is 0 Å². The van der Waals surface area contributed by atoms with Crippen LogP contribution in [0.1, 0.15) is 42.2 Å². The van der Waals surface area contributed by atoms with Gasteiger partial charge in [-0.1, -0.05) is 32.0 Å². The summed E-state index contributed by atoms with van der Waals surface area (Å²) in [5.74, 6) is -0.345. The highest BCUT2D eigenvalue weighted by atomic mass is 16.1. The van der Waals surface area contributed by atoms with Gasteiger partial charge in [-0.25, -0.2) is 0 Å². The molecule has 86 valence electrons. The van der Waals surface area contributed by atoms with Crippen molar-refractivity contribution in [3.05, 3.63) is 35.4 Å². The van der Waals surface area contributed by atoms with E-state index in [2.05, 4.69) is 19.2 Å². The van der Waals surface area contributed by atoms with Crippen LogP contribution in [0.3, 0.4) is 0 Å². The minimum absolute atomic E-state index is 0.249. The van der Waals surface area contributed by atoms with Crippen molar-refractivity contribution in [2.75, 3.05) is 6.54 Å². The third kappa shape index (κ3) is 2.09. The van der Waals surface area contributed by atoms with Gasteiger partial charge in [0, 0.05) is 18.2 Å². The Balaban J connectivity index is 2.31. The molecule has 1 aromatic rings. The van der Waals surface area contributed by atoms with E-state index in [1.807, 2.05) is 18.2 Å². The van der Waals surface area contributed by atoms with Crippen molar-refractivity contribution in [3.63, 3.8) is 0 Å². The van der Waals surface area contributed by atoms with Crippen molar-refractivity contribution in [1.29, 1.82) is 0 Å². The fraction of sp³-hybridized carbons (Fsp3) is 0.462. The third-order valence-electron chi connectivity index (χ3n) is 3.19. The first-order valence-electron chi connectivity index (χ1n) is 5.62. The van der Waals surface area contributed by atoms with Crippen molar-refractivity contribution >= 4 is 5.91 Å². The van der Waals surface area contributed by atoms with Crippen molar-refractivity contribution in [2.45, 2.75) is 26.3 Å². The Kier molecular flexibility index (Phi) is 2.72. The molecule has 1 saturated heterocycles. The standard InChI is InChI=1S/C13H18N2O/c1-13(2)7-11(15-8-13)9-5-3-4-6-10(9)12(14)16/h3-6,11,15H,7-8H2,1-2H3,(H2,14,16). The second-order valence-electron chi connectivity index (χ2n) is 5.25. The first kappa shape index (κ1) is 11.1. The summed E-state index contributed by atoms with van der Waals surface area (Å²) < 4.78 is 0. The van der Waals surface area contributed by atoms with Gasteiger partial charge in [0.2, 0.25) is 5.91 Å². The summed E-state index contributed by atoms with van der Waals surface area (Å²) in [6.07, 6.45) is 1.04. The third-order valence-corrected chi connectivity index (χ3v) is 3.19. The Bertz CT molecular complexity index is 412. The van der Waals surface area contributed by atoms with Crippen molar-refractivity contribution in [1.82, 2.24) is 5.32 Å². The van der Waals surface area contributed by atoms with E-state index in [1.54, 1.807) is 6.07 Å². The lowest BCUT2D eigenvalue weighted by Crippen LogP contribution is -2.20. The maximum absolute atomic E-state index is 11.3. The summed E-state index contributed by atoms with van der Waals surface area (Å²) in [6.45, 7) is 5.44. The molecular weight excluding hydrogens is 200 g/mol. The average molecular weight is 218 g/mol. The molecule has 0 spiro atoms. The molecule has 0 radical (unpaired) electrons. The maximum atomic E-state index is 11.3. The molecule has 1 atom stereocenters. The normalized spacial score (nSPS) is 23.2. The van der Waals surface area contributed by atoms with Crippen LogP contribution in [-0.2, 0) is 0 Å². The second kappa shape index (κ2) is 3.91. The lowest BCUT2D eigenvalue weighted by atomic mass is 9.87. The zero-order valence-corrected chi connectivity index (χ0v) is 9.79. The lowest BCUT2D eigenvalue weighted by molar-refractivity contribution is 0.0998. The molecule has 1 heterocycles. The Morgan fingerprint density at radius 1 is 1.44 bits per heavy atom. The number of nitrogens with two attached hydrogens (primary N) is 1. The summed E-state index contributed by atoms with van der Waals surface area (Å²) in [5.41, 5.74) is 7.34. The molecule has 1 aromatic carbocycles. The molecule has 1 unspecified atom stereocenters. The molecule has 16 heavy (non-hydrogen) atoms. The fourth-order valence-corrected chi connectivity index (χ4v) is 2.34. The predicted octanol–water partition coefficient (Wildman–Crippen LogP) is 1.85. The van der Waals surface area contributed by atoms with Crippen LogP contribution < -0.4 is 11.1 Å². The summed E-state index contributed by atoms with van der Waals surface area (Å²) in [7, 11) is 0. The number of hydrogen-bond donors (Lipinski definition) is 2. The SMILES string of the molecule is CC1(C)CNC(c2ccccc2C(N)=O)C1. The highest BCUT2D eigenvalue weighted by Gasteiger charge is 2.32. The van der Waals surface area contributed by atoms with E-state index in [4.69, 9.17) is 5.73 Å². The molecule has 1 aliphatic rings. The summed E-state index contributed by atoms with van der Waals surface area (Å²) in [4.78, 5) is 11.3. The van der Waals surface area contributed by atoms with Gasteiger partial charge in [-0.3, -0.25) is 4.79 Å². The predicted molar refractivity (Wildman–Crippen MR) is 64.1 cm³/mol. The summed E-state index contributed by atoms with van der Waals surface area (Å²) in [6, 6.07) is 7.83. The zero-order valence-electron chi connectivity index (χ0n) is 9.79. The Labute approximate surface area is 96.0 Å². The Morgan fingerprint density at radius 2 is 2.12 bits per heavy atom. The molecule has 2 rings (SSSR count). The van der Waals surface area contributed by atoms with Crippen LogP contribution >= 0.6 is 0 Å². The van der Waals surface area contributed by atoms with E-state index in [1.165, 1.54) is 0 Å². The number of primary amides is 1. The van der Waals surface area contributed by atoms with E-state index in [-0.39, 0.29) is 17.4 Å². The lowest BCUT2D eigenvalue weighted by Gasteiger charge is -2.17. The van der Waals surface area contributed by atoms with Gasteiger partial charge in [-0.2, -0.15) is 0 Å². The van der Waals surface area contributed by atoms with Gasteiger partial charge in [-0.15, -0.1) is 0 Å².